The van der Waals surface area contributed by atoms with Crippen LogP contribution in [0.2, 0.25) is 0 Å². The van der Waals surface area contributed by atoms with Gasteiger partial charge in [-0.1, -0.05) is 91.0 Å². The summed E-state index contributed by atoms with van der Waals surface area (Å²) in [5.41, 5.74) is 1.14. The maximum absolute atomic E-state index is 14.6. The minimum atomic E-state index is -1.72. The third-order valence-electron chi connectivity index (χ3n) is 8.37. The number of hydrogen-bond acceptors (Lipinski definition) is 7. The molecule has 4 aromatic carbocycles. The van der Waals surface area contributed by atoms with Crippen LogP contribution in [0.15, 0.2) is 108 Å². The number of hydrazone groups is 1. The van der Waals surface area contributed by atoms with Crippen molar-refractivity contribution >= 4 is 29.3 Å². The molecular weight excluding hydrogens is 506 g/mol. The van der Waals surface area contributed by atoms with E-state index < -0.39 is 28.3 Å². The first-order valence-corrected chi connectivity index (χ1v) is 12.9. The number of carbonyl (C=O) groups is 3. The van der Waals surface area contributed by atoms with Gasteiger partial charge in [0.2, 0.25) is 0 Å². The molecule has 4 aromatic rings. The molecule has 2 aliphatic heterocycles. The molecule has 1 aliphatic carbocycles. The summed E-state index contributed by atoms with van der Waals surface area (Å²) in [5.74, 6) is -2.01. The lowest BCUT2D eigenvalue weighted by Gasteiger charge is -2.36. The lowest BCUT2D eigenvalue weighted by Crippen LogP contribution is -2.43. The number of ketones is 3. The number of fused-ring (bicyclic) bond motifs is 5. The standard InChI is InChI=1S/C32H21N3O5/c36-28(20-8-2-1-3-9-20)27-26(19-14-16-22(17-15-19)35(39)40)32(30(37)24-12-6-7-13-25(24)31(32)38)29-23-11-5-4-10-21(23)18-33-34(27)29/h1-18,26-27,29H/t26-,27-,29-/m0/s1. The van der Waals surface area contributed by atoms with Crippen LogP contribution in [0.4, 0.5) is 5.69 Å². The molecule has 0 aromatic heterocycles. The van der Waals surface area contributed by atoms with Gasteiger partial charge in [-0.25, -0.2) is 0 Å². The van der Waals surface area contributed by atoms with Crippen LogP contribution in [0, 0.1) is 15.5 Å². The highest BCUT2D eigenvalue weighted by Gasteiger charge is 2.72. The fourth-order valence-electron chi connectivity index (χ4n) is 6.73. The Labute approximate surface area is 228 Å². The van der Waals surface area contributed by atoms with E-state index in [1.54, 1.807) is 78.0 Å². The molecule has 1 saturated heterocycles. The monoisotopic (exact) mass is 527 g/mol. The maximum atomic E-state index is 14.6. The van der Waals surface area contributed by atoms with E-state index >= 15 is 0 Å². The summed E-state index contributed by atoms with van der Waals surface area (Å²) in [6.45, 7) is 0. The Kier molecular flexibility index (Phi) is 5.15. The summed E-state index contributed by atoms with van der Waals surface area (Å²) in [4.78, 5) is 54.6. The molecule has 0 radical (unpaired) electrons. The first kappa shape index (κ1) is 23.8. The average molecular weight is 528 g/mol. The van der Waals surface area contributed by atoms with E-state index in [4.69, 9.17) is 5.10 Å². The number of non-ortho nitro benzene ring substituents is 1. The Bertz CT molecular complexity index is 1730. The van der Waals surface area contributed by atoms with Crippen LogP contribution in [0.3, 0.4) is 0 Å². The molecule has 0 saturated carbocycles. The van der Waals surface area contributed by atoms with Crippen LogP contribution in [0.25, 0.3) is 0 Å². The number of hydrogen-bond donors (Lipinski definition) is 0. The quantitative estimate of drug-likeness (QED) is 0.152. The topological polar surface area (TPSA) is 110 Å². The van der Waals surface area contributed by atoms with Gasteiger partial charge < -0.3 is 0 Å². The number of nitrogens with zero attached hydrogens (tertiary/aromatic N) is 3. The summed E-state index contributed by atoms with van der Waals surface area (Å²) >= 11 is 0. The van der Waals surface area contributed by atoms with Crippen molar-refractivity contribution in [3.8, 4) is 0 Å². The summed E-state index contributed by atoms with van der Waals surface area (Å²) in [6.07, 6.45) is 1.65. The fourth-order valence-corrected chi connectivity index (χ4v) is 6.73. The second-order valence-corrected chi connectivity index (χ2v) is 10.2. The van der Waals surface area contributed by atoms with Crippen molar-refractivity contribution < 1.29 is 19.3 Å². The van der Waals surface area contributed by atoms with Crippen LogP contribution in [-0.2, 0) is 0 Å². The summed E-state index contributed by atoms with van der Waals surface area (Å²) < 4.78 is 0. The number of carbonyl (C=O) groups excluding carboxylic acids is 3. The Morgan fingerprint density at radius 1 is 0.800 bits per heavy atom. The first-order chi connectivity index (χ1) is 19.4. The SMILES string of the molecule is O=C(c1ccccc1)[C@@H]1[C@H](c2ccc([N+](=O)[O-])cc2)C2(C(=O)c3ccccc3C2=O)[C@@H]2c3ccccc3C=NN12. The van der Waals surface area contributed by atoms with E-state index in [2.05, 4.69) is 0 Å². The zero-order valence-electron chi connectivity index (χ0n) is 21.0. The van der Waals surface area contributed by atoms with Gasteiger partial charge in [0.25, 0.3) is 5.69 Å². The van der Waals surface area contributed by atoms with Crippen LogP contribution in [-0.4, -0.2) is 39.5 Å². The summed E-state index contributed by atoms with van der Waals surface area (Å²) in [6, 6.07) is 26.8. The van der Waals surface area contributed by atoms with Gasteiger partial charge >= 0.3 is 0 Å². The molecular formula is C32H21N3O5. The second kappa shape index (κ2) is 8.64. The number of Topliss-reactive ketones (excluding diaryl/α,β-unsaturated/α-hetero) is 3. The van der Waals surface area contributed by atoms with Gasteiger partial charge in [-0.3, -0.25) is 29.5 Å². The van der Waals surface area contributed by atoms with Crippen LogP contribution < -0.4 is 0 Å². The third-order valence-corrected chi connectivity index (χ3v) is 8.37. The van der Waals surface area contributed by atoms with Gasteiger partial charge in [-0.15, -0.1) is 0 Å². The predicted molar refractivity (Wildman–Crippen MR) is 147 cm³/mol. The van der Waals surface area contributed by atoms with E-state index in [1.807, 2.05) is 24.3 Å². The lowest BCUT2D eigenvalue weighted by molar-refractivity contribution is -0.384. The highest BCUT2D eigenvalue weighted by molar-refractivity contribution is 6.31. The van der Waals surface area contributed by atoms with Crippen molar-refractivity contribution in [1.29, 1.82) is 0 Å². The van der Waals surface area contributed by atoms with Gasteiger partial charge in [0.1, 0.15) is 11.5 Å². The molecule has 3 atom stereocenters. The van der Waals surface area contributed by atoms with Gasteiger partial charge in [0.05, 0.1) is 17.2 Å². The minimum absolute atomic E-state index is 0.129. The lowest BCUT2D eigenvalue weighted by atomic mass is 9.63. The normalized spacial score (nSPS) is 21.7. The largest absolute Gasteiger partial charge is 0.293 e. The van der Waals surface area contributed by atoms with E-state index in [1.165, 1.54) is 12.1 Å². The van der Waals surface area contributed by atoms with Gasteiger partial charge in [-0.05, 0) is 16.7 Å². The first-order valence-electron chi connectivity index (χ1n) is 12.9. The summed E-state index contributed by atoms with van der Waals surface area (Å²) in [5, 5.41) is 17.8. The van der Waals surface area contributed by atoms with E-state index in [0.29, 0.717) is 22.3 Å². The van der Waals surface area contributed by atoms with Crippen LogP contribution in [0.5, 0.6) is 0 Å². The molecule has 8 nitrogen and oxygen atoms in total. The van der Waals surface area contributed by atoms with Crippen molar-refractivity contribution in [3.63, 3.8) is 0 Å². The zero-order chi connectivity index (χ0) is 27.6. The molecule has 1 spiro atoms. The fraction of sp³-hybridized carbons (Fsp3) is 0.125. The van der Waals surface area contributed by atoms with Gasteiger partial charge in [-0.2, -0.15) is 5.10 Å². The maximum Gasteiger partial charge on any atom is 0.269 e. The Morgan fingerprint density at radius 3 is 2.05 bits per heavy atom. The molecule has 194 valence electrons. The third kappa shape index (κ3) is 3.07. The Morgan fingerprint density at radius 2 is 1.40 bits per heavy atom. The second-order valence-electron chi connectivity index (χ2n) is 10.2. The minimum Gasteiger partial charge on any atom is -0.293 e. The zero-order valence-corrected chi connectivity index (χ0v) is 21.0. The predicted octanol–water partition coefficient (Wildman–Crippen LogP) is 5.40. The van der Waals surface area contributed by atoms with Crippen molar-refractivity contribution in [2.75, 3.05) is 0 Å². The number of rotatable bonds is 4. The molecule has 7 rings (SSSR count). The highest BCUT2D eigenvalue weighted by Crippen LogP contribution is 2.64. The molecule has 0 bridgehead atoms. The van der Waals surface area contributed by atoms with Crippen molar-refractivity contribution in [2.45, 2.75) is 18.0 Å². The van der Waals surface area contributed by atoms with E-state index in [0.717, 1.165) is 11.1 Å². The van der Waals surface area contributed by atoms with E-state index in [-0.39, 0.29) is 23.0 Å². The van der Waals surface area contributed by atoms with Gasteiger partial charge in [0.15, 0.2) is 17.3 Å². The van der Waals surface area contributed by atoms with Gasteiger partial charge in [0, 0.05) is 34.7 Å². The Hall–Kier alpha value is -5.24. The molecule has 0 N–H and O–H groups in total. The van der Waals surface area contributed by atoms with E-state index in [9.17, 15) is 24.5 Å². The van der Waals surface area contributed by atoms with Crippen LogP contribution in [0.1, 0.15) is 59.7 Å². The molecule has 3 aliphatic rings. The molecule has 40 heavy (non-hydrogen) atoms. The van der Waals surface area contributed by atoms with Crippen molar-refractivity contribution in [2.24, 2.45) is 10.5 Å². The van der Waals surface area contributed by atoms with Crippen molar-refractivity contribution in [3.05, 3.63) is 147 Å². The highest BCUT2D eigenvalue weighted by atomic mass is 16.6. The number of benzene rings is 4. The Balaban J connectivity index is 1.55. The van der Waals surface area contributed by atoms with Crippen molar-refractivity contribution in [1.82, 2.24) is 5.01 Å². The molecule has 8 heteroatoms. The molecule has 1 fully saturated rings. The number of nitro benzene ring substituents is 1. The average Bonchev–Trinajstić information content (AvgIpc) is 3.43. The smallest absolute Gasteiger partial charge is 0.269 e. The molecule has 0 amide bonds. The van der Waals surface area contributed by atoms with Crippen LogP contribution >= 0.6 is 0 Å². The molecule has 0 unspecified atom stereocenters. The number of nitro groups is 1. The molecule has 2 heterocycles. The summed E-state index contributed by atoms with van der Waals surface area (Å²) in [7, 11) is 0.